The molecule has 0 aromatic heterocycles. The Balaban J connectivity index is 2.51. The number of fused-ring (bicyclic) bond motifs is 1. The SMILES string of the molecule is CCC1NCCc2c(F)cc(F)cc21. The molecule has 3 heteroatoms. The van der Waals surface area contributed by atoms with Crippen molar-refractivity contribution in [3.8, 4) is 0 Å². The first kappa shape index (κ1) is 9.59. The summed E-state index contributed by atoms with van der Waals surface area (Å²) in [6.45, 7) is 2.78. The molecule has 0 bridgehead atoms. The topological polar surface area (TPSA) is 12.0 Å². The smallest absolute Gasteiger partial charge is 0.129 e. The molecule has 1 unspecified atom stereocenters. The molecule has 2 rings (SSSR count). The van der Waals surface area contributed by atoms with Crippen molar-refractivity contribution in [2.24, 2.45) is 0 Å². The second-order valence-corrected chi connectivity index (χ2v) is 3.62. The minimum Gasteiger partial charge on any atom is -0.310 e. The van der Waals surface area contributed by atoms with E-state index >= 15 is 0 Å². The predicted molar refractivity (Wildman–Crippen MR) is 51.1 cm³/mol. The Hall–Kier alpha value is -0.960. The van der Waals surface area contributed by atoms with Crippen molar-refractivity contribution in [2.45, 2.75) is 25.8 Å². The standard InChI is InChI=1S/C11H13F2N/c1-2-11-9-5-7(12)6-10(13)8(9)3-4-14-11/h5-6,11,14H,2-4H2,1H3. The van der Waals surface area contributed by atoms with Crippen LogP contribution in [-0.2, 0) is 6.42 Å². The number of hydrogen-bond acceptors (Lipinski definition) is 1. The van der Waals surface area contributed by atoms with Crippen molar-refractivity contribution in [2.75, 3.05) is 6.54 Å². The third kappa shape index (κ3) is 1.52. The van der Waals surface area contributed by atoms with E-state index in [1.165, 1.54) is 6.07 Å². The Labute approximate surface area is 82.1 Å². The van der Waals surface area contributed by atoms with E-state index in [4.69, 9.17) is 0 Å². The van der Waals surface area contributed by atoms with Gasteiger partial charge in [-0.15, -0.1) is 0 Å². The van der Waals surface area contributed by atoms with Crippen molar-refractivity contribution in [3.63, 3.8) is 0 Å². The van der Waals surface area contributed by atoms with Crippen molar-refractivity contribution in [1.29, 1.82) is 0 Å². The van der Waals surface area contributed by atoms with E-state index < -0.39 is 11.6 Å². The van der Waals surface area contributed by atoms with Crippen LogP contribution in [0, 0.1) is 11.6 Å². The highest BCUT2D eigenvalue weighted by molar-refractivity contribution is 5.34. The van der Waals surface area contributed by atoms with Gasteiger partial charge in [0.2, 0.25) is 0 Å². The first-order valence-electron chi connectivity index (χ1n) is 4.93. The average molecular weight is 197 g/mol. The van der Waals surface area contributed by atoms with Gasteiger partial charge < -0.3 is 5.32 Å². The number of benzene rings is 1. The maximum Gasteiger partial charge on any atom is 0.129 e. The highest BCUT2D eigenvalue weighted by atomic mass is 19.1. The summed E-state index contributed by atoms with van der Waals surface area (Å²) in [5.74, 6) is -0.886. The third-order valence-electron chi connectivity index (χ3n) is 2.74. The molecule has 0 spiro atoms. The number of rotatable bonds is 1. The summed E-state index contributed by atoms with van der Waals surface area (Å²) in [6, 6.07) is 2.51. The molecule has 0 fully saturated rings. The lowest BCUT2D eigenvalue weighted by Gasteiger charge is -2.26. The van der Waals surface area contributed by atoms with Crippen LogP contribution in [0.4, 0.5) is 8.78 Å². The second kappa shape index (κ2) is 3.65. The van der Waals surface area contributed by atoms with Gasteiger partial charge in [-0.3, -0.25) is 0 Å². The minimum atomic E-state index is -0.483. The molecule has 1 aliphatic heterocycles. The van der Waals surface area contributed by atoms with Crippen molar-refractivity contribution in [3.05, 3.63) is 34.9 Å². The molecule has 1 heterocycles. The van der Waals surface area contributed by atoms with Crippen LogP contribution in [-0.4, -0.2) is 6.54 Å². The Kier molecular flexibility index (Phi) is 2.50. The maximum absolute atomic E-state index is 13.4. The van der Waals surface area contributed by atoms with E-state index in [1.54, 1.807) is 0 Å². The largest absolute Gasteiger partial charge is 0.310 e. The highest BCUT2D eigenvalue weighted by Crippen LogP contribution is 2.27. The molecule has 0 saturated carbocycles. The molecule has 0 saturated heterocycles. The number of nitrogens with one attached hydrogen (secondary N) is 1. The van der Waals surface area contributed by atoms with Gasteiger partial charge in [0, 0.05) is 12.1 Å². The van der Waals surface area contributed by atoms with E-state index in [0.717, 1.165) is 24.6 Å². The van der Waals surface area contributed by atoms with Gasteiger partial charge in [0.25, 0.3) is 0 Å². The molecule has 1 N–H and O–H groups in total. The molecule has 1 nitrogen and oxygen atoms in total. The van der Waals surface area contributed by atoms with Gasteiger partial charge in [0.05, 0.1) is 0 Å². The van der Waals surface area contributed by atoms with Crippen LogP contribution < -0.4 is 5.32 Å². The average Bonchev–Trinajstić information content (AvgIpc) is 2.17. The van der Waals surface area contributed by atoms with E-state index in [9.17, 15) is 8.78 Å². The summed E-state index contributed by atoms with van der Waals surface area (Å²) >= 11 is 0. The second-order valence-electron chi connectivity index (χ2n) is 3.62. The van der Waals surface area contributed by atoms with Crippen LogP contribution in [0.3, 0.4) is 0 Å². The first-order valence-corrected chi connectivity index (χ1v) is 4.93. The first-order chi connectivity index (χ1) is 6.72. The Morgan fingerprint density at radius 3 is 2.93 bits per heavy atom. The van der Waals surface area contributed by atoms with Gasteiger partial charge in [-0.25, -0.2) is 8.78 Å². The van der Waals surface area contributed by atoms with E-state index in [0.29, 0.717) is 12.0 Å². The minimum absolute atomic E-state index is 0.101. The fraction of sp³-hybridized carbons (Fsp3) is 0.455. The molecule has 1 aromatic carbocycles. The molecule has 1 aromatic rings. The molecule has 0 radical (unpaired) electrons. The fourth-order valence-electron chi connectivity index (χ4n) is 2.04. The number of hydrogen-bond donors (Lipinski definition) is 1. The van der Waals surface area contributed by atoms with Gasteiger partial charge in [0.1, 0.15) is 11.6 Å². The molecule has 14 heavy (non-hydrogen) atoms. The lowest BCUT2D eigenvalue weighted by molar-refractivity contribution is 0.467. The third-order valence-corrected chi connectivity index (χ3v) is 2.74. The van der Waals surface area contributed by atoms with Crippen LogP contribution in [0.15, 0.2) is 12.1 Å². The molecule has 0 aliphatic carbocycles. The van der Waals surface area contributed by atoms with Crippen molar-refractivity contribution >= 4 is 0 Å². The predicted octanol–water partition coefficient (Wildman–Crippen LogP) is 2.56. The van der Waals surface area contributed by atoms with Gasteiger partial charge in [-0.05, 0) is 36.6 Å². The van der Waals surface area contributed by atoms with Crippen LogP contribution in [0.5, 0.6) is 0 Å². The summed E-state index contributed by atoms with van der Waals surface area (Å²) in [4.78, 5) is 0. The van der Waals surface area contributed by atoms with E-state index in [1.807, 2.05) is 6.92 Å². The van der Waals surface area contributed by atoms with Gasteiger partial charge in [-0.2, -0.15) is 0 Å². The lowest BCUT2D eigenvalue weighted by Crippen LogP contribution is -2.30. The molecular formula is C11H13F2N. The summed E-state index contributed by atoms with van der Waals surface area (Å²) in [5.41, 5.74) is 1.47. The molecule has 0 amide bonds. The normalized spacial score (nSPS) is 20.6. The molecular weight excluding hydrogens is 184 g/mol. The zero-order valence-electron chi connectivity index (χ0n) is 8.11. The van der Waals surface area contributed by atoms with Gasteiger partial charge >= 0.3 is 0 Å². The molecule has 1 atom stereocenters. The maximum atomic E-state index is 13.4. The highest BCUT2D eigenvalue weighted by Gasteiger charge is 2.21. The summed E-state index contributed by atoms with van der Waals surface area (Å²) in [5, 5.41) is 3.25. The van der Waals surface area contributed by atoms with E-state index in [2.05, 4.69) is 5.32 Å². The fourth-order valence-corrected chi connectivity index (χ4v) is 2.04. The van der Waals surface area contributed by atoms with E-state index in [-0.39, 0.29) is 6.04 Å². The number of halogens is 2. The van der Waals surface area contributed by atoms with Crippen LogP contribution in [0.25, 0.3) is 0 Å². The zero-order chi connectivity index (χ0) is 10.1. The van der Waals surface area contributed by atoms with Crippen molar-refractivity contribution in [1.82, 2.24) is 5.32 Å². The Morgan fingerprint density at radius 1 is 1.43 bits per heavy atom. The quantitative estimate of drug-likeness (QED) is 0.729. The van der Waals surface area contributed by atoms with Crippen molar-refractivity contribution < 1.29 is 8.78 Å². The van der Waals surface area contributed by atoms with Gasteiger partial charge in [0.15, 0.2) is 0 Å². The summed E-state index contributed by atoms with van der Waals surface area (Å²) in [7, 11) is 0. The monoisotopic (exact) mass is 197 g/mol. The van der Waals surface area contributed by atoms with Crippen LogP contribution in [0.2, 0.25) is 0 Å². The Morgan fingerprint density at radius 2 is 2.21 bits per heavy atom. The van der Waals surface area contributed by atoms with Crippen LogP contribution in [0.1, 0.15) is 30.5 Å². The van der Waals surface area contributed by atoms with Crippen LogP contribution >= 0.6 is 0 Å². The molecule has 1 aliphatic rings. The molecule has 76 valence electrons. The summed E-state index contributed by atoms with van der Waals surface area (Å²) in [6.07, 6.45) is 1.51. The Bertz CT molecular complexity index is 349. The lowest BCUT2D eigenvalue weighted by atomic mass is 9.92. The zero-order valence-corrected chi connectivity index (χ0v) is 8.11. The van der Waals surface area contributed by atoms with Gasteiger partial charge in [-0.1, -0.05) is 6.92 Å². The summed E-state index contributed by atoms with van der Waals surface area (Å²) < 4.78 is 26.4.